The van der Waals surface area contributed by atoms with Gasteiger partial charge in [-0.1, -0.05) is 24.3 Å². The van der Waals surface area contributed by atoms with Gasteiger partial charge in [0.2, 0.25) is 0 Å². The van der Waals surface area contributed by atoms with Crippen molar-refractivity contribution in [2.45, 2.75) is 37.8 Å². The minimum absolute atomic E-state index is 0.00781. The SMILES string of the molecule is COC1CCC(NC(=O)c2cc(-c3cncs3)cc3ccccc23)CC1. The molecule has 134 valence electrons. The van der Waals surface area contributed by atoms with Gasteiger partial charge >= 0.3 is 0 Å². The summed E-state index contributed by atoms with van der Waals surface area (Å²) in [6, 6.07) is 12.4. The van der Waals surface area contributed by atoms with E-state index in [0.29, 0.717) is 6.10 Å². The maximum Gasteiger partial charge on any atom is 0.252 e. The Hall–Kier alpha value is -2.24. The molecule has 1 aliphatic rings. The van der Waals surface area contributed by atoms with E-state index in [1.54, 1.807) is 18.4 Å². The van der Waals surface area contributed by atoms with E-state index in [4.69, 9.17) is 4.74 Å². The molecular formula is C21H22N2O2S. The first-order valence-electron chi connectivity index (χ1n) is 9.00. The van der Waals surface area contributed by atoms with E-state index in [2.05, 4.69) is 22.4 Å². The molecule has 1 aliphatic carbocycles. The summed E-state index contributed by atoms with van der Waals surface area (Å²) in [6.45, 7) is 0. The molecule has 0 radical (unpaired) electrons. The molecule has 0 bridgehead atoms. The first-order chi connectivity index (χ1) is 12.7. The van der Waals surface area contributed by atoms with Crippen LogP contribution in [0.25, 0.3) is 21.2 Å². The molecule has 4 nitrogen and oxygen atoms in total. The van der Waals surface area contributed by atoms with Crippen LogP contribution in [-0.2, 0) is 4.74 Å². The van der Waals surface area contributed by atoms with Crippen molar-refractivity contribution in [3.8, 4) is 10.4 Å². The molecule has 26 heavy (non-hydrogen) atoms. The first-order valence-corrected chi connectivity index (χ1v) is 9.88. The summed E-state index contributed by atoms with van der Waals surface area (Å²) >= 11 is 1.59. The quantitative estimate of drug-likeness (QED) is 0.731. The highest BCUT2D eigenvalue weighted by atomic mass is 32.1. The van der Waals surface area contributed by atoms with Gasteiger partial charge in [0.15, 0.2) is 0 Å². The van der Waals surface area contributed by atoms with Gasteiger partial charge in [-0.05, 0) is 54.2 Å². The van der Waals surface area contributed by atoms with Gasteiger partial charge in [0.1, 0.15) is 0 Å². The van der Waals surface area contributed by atoms with Crippen LogP contribution < -0.4 is 5.32 Å². The zero-order chi connectivity index (χ0) is 17.9. The predicted octanol–water partition coefficient (Wildman–Crippen LogP) is 4.65. The van der Waals surface area contributed by atoms with Gasteiger partial charge in [-0.25, -0.2) is 0 Å². The molecule has 1 aromatic heterocycles. The lowest BCUT2D eigenvalue weighted by Gasteiger charge is -2.28. The monoisotopic (exact) mass is 366 g/mol. The minimum Gasteiger partial charge on any atom is -0.381 e. The van der Waals surface area contributed by atoms with E-state index in [9.17, 15) is 4.79 Å². The van der Waals surface area contributed by atoms with Crippen LogP contribution >= 0.6 is 11.3 Å². The highest BCUT2D eigenvalue weighted by Crippen LogP contribution is 2.30. The minimum atomic E-state index is 0.00781. The number of amides is 1. The van der Waals surface area contributed by atoms with Gasteiger partial charge in [-0.2, -0.15) is 0 Å². The van der Waals surface area contributed by atoms with Crippen molar-refractivity contribution in [1.29, 1.82) is 0 Å². The van der Waals surface area contributed by atoms with Crippen molar-refractivity contribution in [3.05, 3.63) is 53.7 Å². The van der Waals surface area contributed by atoms with Gasteiger partial charge < -0.3 is 10.1 Å². The third kappa shape index (κ3) is 3.50. The molecule has 2 aromatic carbocycles. The van der Waals surface area contributed by atoms with Crippen LogP contribution in [0.15, 0.2) is 48.1 Å². The zero-order valence-corrected chi connectivity index (χ0v) is 15.6. The molecule has 0 spiro atoms. The lowest BCUT2D eigenvalue weighted by molar-refractivity contribution is 0.0599. The van der Waals surface area contributed by atoms with Crippen LogP contribution in [0.4, 0.5) is 0 Å². The number of hydrogen-bond acceptors (Lipinski definition) is 4. The fraction of sp³-hybridized carbons (Fsp3) is 0.333. The Bertz CT molecular complexity index is 900. The molecule has 1 heterocycles. The number of carbonyl (C=O) groups is 1. The van der Waals surface area contributed by atoms with Crippen LogP contribution in [0.2, 0.25) is 0 Å². The number of nitrogens with zero attached hydrogens (tertiary/aromatic N) is 1. The van der Waals surface area contributed by atoms with Gasteiger partial charge in [-0.3, -0.25) is 9.78 Å². The maximum atomic E-state index is 13.0. The number of aromatic nitrogens is 1. The molecular weight excluding hydrogens is 344 g/mol. The van der Waals surface area contributed by atoms with Gasteiger partial charge in [-0.15, -0.1) is 11.3 Å². The van der Waals surface area contributed by atoms with Crippen LogP contribution in [0.1, 0.15) is 36.0 Å². The number of ether oxygens (including phenoxy) is 1. The molecule has 5 heteroatoms. The van der Waals surface area contributed by atoms with E-state index in [1.807, 2.05) is 36.0 Å². The number of methoxy groups -OCH3 is 1. The van der Waals surface area contributed by atoms with Crippen LogP contribution in [0, 0.1) is 0 Å². The Balaban J connectivity index is 1.63. The summed E-state index contributed by atoms with van der Waals surface area (Å²) in [4.78, 5) is 18.3. The largest absolute Gasteiger partial charge is 0.381 e. The zero-order valence-electron chi connectivity index (χ0n) is 14.8. The van der Waals surface area contributed by atoms with Crippen molar-refractivity contribution < 1.29 is 9.53 Å². The molecule has 1 N–H and O–H groups in total. The Morgan fingerprint density at radius 2 is 2.00 bits per heavy atom. The summed E-state index contributed by atoms with van der Waals surface area (Å²) in [7, 11) is 1.76. The Morgan fingerprint density at radius 3 is 2.73 bits per heavy atom. The predicted molar refractivity (Wildman–Crippen MR) is 106 cm³/mol. The fourth-order valence-corrected chi connectivity index (χ4v) is 4.32. The number of benzene rings is 2. The molecule has 1 fully saturated rings. The third-order valence-electron chi connectivity index (χ3n) is 5.17. The average Bonchev–Trinajstić information content (AvgIpc) is 3.22. The van der Waals surface area contributed by atoms with E-state index in [1.165, 1.54) is 0 Å². The lowest BCUT2D eigenvalue weighted by Crippen LogP contribution is -2.39. The Labute approximate surface area is 157 Å². The Morgan fingerprint density at radius 1 is 1.19 bits per heavy atom. The molecule has 0 aliphatic heterocycles. The van der Waals surface area contributed by atoms with E-state index < -0.39 is 0 Å². The topological polar surface area (TPSA) is 51.2 Å². The molecule has 4 rings (SSSR count). The molecule has 0 atom stereocenters. The highest BCUT2D eigenvalue weighted by Gasteiger charge is 2.23. The fourth-order valence-electron chi connectivity index (χ4n) is 3.71. The normalized spacial score (nSPS) is 20.2. The molecule has 1 amide bonds. The number of thiazole rings is 1. The van der Waals surface area contributed by atoms with Crippen LogP contribution in [0.3, 0.4) is 0 Å². The summed E-state index contributed by atoms with van der Waals surface area (Å²) in [5.41, 5.74) is 3.60. The number of rotatable bonds is 4. The molecule has 0 unspecified atom stereocenters. The first kappa shape index (κ1) is 17.2. The number of fused-ring (bicyclic) bond motifs is 1. The van der Waals surface area contributed by atoms with Crippen LogP contribution in [0.5, 0.6) is 0 Å². The van der Waals surface area contributed by atoms with Crippen molar-refractivity contribution in [2.24, 2.45) is 0 Å². The van der Waals surface area contributed by atoms with Crippen molar-refractivity contribution >= 4 is 28.0 Å². The second-order valence-corrected chi connectivity index (χ2v) is 7.68. The third-order valence-corrected chi connectivity index (χ3v) is 5.99. The van der Waals surface area contributed by atoms with Gasteiger partial charge in [0.25, 0.3) is 5.91 Å². The van der Waals surface area contributed by atoms with Crippen molar-refractivity contribution in [2.75, 3.05) is 7.11 Å². The number of nitrogens with one attached hydrogen (secondary N) is 1. The van der Waals surface area contributed by atoms with Crippen LogP contribution in [-0.4, -0.2) is 30.1 Å². The van der Waals surface area contributed by atoms with Crippen molar-refractivity contribution in [1.82, 2.24) is 10.3 Å². The summed E-state index contributed by atoms with van der Waals surface area (Å²) in [5, 5.41) is 5.30. The highest BCUT2D eigenvalue weighted by molar-refractivity contribution is 7.13. The summed E-state index contributed by atoms with van der Waals surface area (Å²) in [5.74, 6) is 0.00781. The Kier molecular flexibility index (Phi) is 5.00. The second-order valence-electron chi connectivity index (χ2n) is 6.79. The van der Waals surface area contributed by atoms with E-state index in [-0.39, 0.29) is 11.9 Å². The van der Waals surface area contributed by atoms with Crippen molar-refractivity contribution in [3.63, 3.8) is 0 Å². The van der Waals surface area contributed by atoms with E-state index >= 15 is 0 Å². The van der Waals surface area contributed by atoms with E-state index in [0.717, 1.165) is 52.5 Å². The molecule has 3 aromatic rings. The molecule has 0 saturated heterocycles. The lowest BCUT2D eigenvalue weighted by atomic mass is 9.92. The van der Waals surface area contributed by atoms with Gasteiger partial charge in [0.05, 0.1) is 16.5 Å². The maximum absolute atomic E-state index is 13.0. The van der Waals surface area contributed by atoms with Gasteiger partial charge in [0, 0.05) is 24.9 Å². The second kappa shape index (κ2) is 7.56. The summed E-state index contributed by atoms with van der Waals surface area (Å²) < 4.78 is 5.43. The smallest absolute Gasteiger partial charge is 0.252 e. The average molecular weight is 366 g/mol. The standard InChI is InChI=1S/C21H22N2O2S/c1-25-17-8-6-16(7-9-17)23-21(24)19-11-15(20-12-22-13-26-20)10-14-4-2-3-5-18(14)19/h2-5,10-13,16-17H,6-9H2,1H3,(H,23,24). The summed E-state index contributed by atoms with van der Waals surface area (Å²) in [6.07, 6.45) is 6.13. The number of carbonyl (C=O) groups excluding carboxylic acids is 1. The number of hydrogen-bond donors (Lipinski definition) is 1. The molecule has 1 saturated carbocycles.